The SMILES string of the molecule is CCOC(=O)C1(C(=O)NCc2ccc(NC)cc2)CC1. The Kier molecular flexibility index (Phi) is 4.27. The van der Waals surface area contributed by atoms with Gasteiger partial charge in [0.15, 0.2) is 0 Å². The Morgan fingerprint density at radius 2 is 1.90 bits per heavy atom. The number of anilines is 1. The minimum absolute atomic E-state index is 0.228. The van der Waals surface area contributed by atoms with Gasteiger partial charge in [-0.25, -0.2) is 0 Å². The van der Waals surface area contributed by atoms with Crippen molar-refractivity contribution in [3.8, 4) is 0 Å². The molecule has 1 aliphatic rings. The van der Waals surface area contributed by atoms with Crippen LogP contribution in [0.1, 0.15) is 25.3 Å². The van der Waals surface area contributed by atoms with Crippen LogP contribution < -0.4 is 10.6 Å². The van der Waals surface area contributed by atoms with Gasteiger partial charge in [-0.15, -0.1) is 0 Å². The van der Waals surface area contributed by atoms with Crippen molar-refractivity contribution in [3.05, 3.63) is 29.8 Å². The summed E-state index contributed by atoms with van der Waals surface area (Å²) in [5, 5.41) is 5.85. The first kappa shape index (κ1) is 14.4. The quantitative estimate of drug-likeness (QED) is 0.613. The summed E-state index contributed by atoms with van der Waals surface area (Å²) in [5.41, 5.74) is 1.09. The van der Waals surface area contributed by atoms with Gasteiger partial charge in [0.2, 0.25) is 5.91 Å². The van der Waals surface area contributed by atoms with Crippen molar-refractivity contribution < 1.29 is 14.3 Å². The van der Waals surface area contributed by atoms with E-state index in [1.54, 1.807) is 6.92 Å². The van der Waals surface area contributed by atoms with Crippen LogP contribution in [0.3, 0.4) is 0 Å². The first-order chi connectivity index (χ1) is 9.62. The summed E-state index contributed by atoms with van der Waals surface area (Å²) >= 11 is 0. The molecule has 0 spiro atoms. The molecule has 0 radical (unpaired) electrons. The number of nitrogens with one attached hydrogen (secondary N) is 2. The summed E-state index contributed by atoms with van der Waals surface area (Å²) in [6.07, 6.45) is 1.16. The zero-order chi connectivity index (χ0) is 14.6. The lowest BCUT2D eigenvalue weighted by molar-refractivity contribution is -0.154. The highest BCUT2D eigenvalue weighted by molar-refractivity contribution is 6.05. The molecule has 0 aromatic heterocycles. The van der Waals surface area contributed by atoms with Gasteiger partial charge in [-0.1, -0.05) is 12.1 Å². The summed E-state index contributed by atoms with van der Waals surface area (Å²) in [5.74, 6) is -0.628. The van der Waals surface area contributed by atoms with E-state index in [1.165, 1.54) is 0 Å². The maximum absolute atomic E-state index is 12.1. The van der Waals surface area contributed by atoms with E-state index >= 15 is 0 Å². The van der Waals surface area contributed by atoms with Crippen LogP contribution in [0.25, 0.3) is 0 Å². The van der Waals surface area contributed by atoms with Gasteiger partial charge < -0.3 is 15.4 Å². The van der Waals surface area contributed by atoms with Crippen LogP contribution in [0.15, 0.2) is 24.3 Å². The van der Waals surface area contributed by atoms with Crippen molar-refractivity contribution in [2.75, 3.05) is 19.0 Å². The van der Waals surface area contributed by atoms with E-state index in [-0.39, 0.29) is 5.91 Å². The number of amides is 1. The van der Waals surface area contributed by atoms with Crippen molar-refractivity contribution in [1.29, 1.82) is 0 Å². The highest BCUT2D eigenvalue weighted by Gasteiger charge is 2.57. The molecule has 1 aromatic carbocycles. The predicted octanol–water partition coefficient (Wildman–Crippen LogP) is 1.69. The molecule has 0 saturated heterocycles. The summed E-state index contributed by atoms with van der Waals surface area (Å²) < 4.78 is 4.96. The molecule has 5 heteroatoms. The van der Waals surface area contributed by atoms with Crippen LogP contribution in [0.5, 0.6) is 0 Å². The Bertz CT molecular complexity index is 492. The molecule has 2 rings (SSSR count). The second-order valence-corrected chi connectivity index (χ2v) is 4.93. The highest BCUT2D eigenvalue weighted by Crippen LogP contribution is 2.47. The molecule has 1 saturated carbocycles. The van der Waals surface area contributed by atoms with Gasteiger partial charge in [0.05, 0.1) is 6.61 Å². The van der Waals surface area contributed by atoms with Gasteiger partial charge in [0, 0.05) is 19.3 Å². The average molecular weight is 276 g/mol. The molecule has 1 aliphatic carbocycles. The van der Waals surface area contributed by atoms with Crippen molar-refractivity contribution in [2.24, 2.45) is 5.41 Å². The number of hydrogen-bond acceptors (Lipinski definition) is 4. The molecule has 0 bridgehead atoms. The molecule has 1 fully saturated rings. The fourth-order valence-corrected chi connectivity index (χ4v) is 2.06. The van der Waals surface area contributed by atoms with Gasteiger partial charge in [0.25, 0.3) is 0 Å². The zero-order valence-electron chi connectivity index (χ0n) is 11.9. The normalized spacial score (nSPS) is 15.3. The largest absolute Gasteiger partial charge is 0.465 e. The zero-order valence-corrected chi connectivity index (χ0v) is 11.9. The Morgan fingerprint density at radius 3 is 2.40 bits per heavy atom. The van der Waals surface area contributed by atoms with E-state index in [2.05, 4.69) is 10.6 Å². The Labute approximate surface area is 118 Å². The number of esters is 1. The van der Waals surface area contributed by atoms with Crippen LogP contribution in [0.4, 0.5) is 5.69 Å². The monoisotopic (exact) mass is 276 g/mol. The molecule has 0 heterocycles. The third-order valence-electron chi connectivity index (χ3n) is 3.55. The van der Waals surface area contributed by atoms with E-state index in [9.17, 15) is 9.59 Å². The fraction of sp³-hybridized carbons (Fsp3) is 0.467. The molecular weight excluding hydrogens is 256 g/mol. The predicted molar refractivity (Wildman–Crippen MR) is 76.1 cm³/mol. The van der Waals surface area contributed by atoms with Crippen molar-refractivity contribution in [1.82, 2.24) is 5.32 Å². The third-order valence-corrected chi connectivity index (χ3v) is 3.55. The van der Waals surface area contributed by atoms with E-state index in [0.717, 1.165) is 11.3 Å². The highest BCUT2D eigenvalue weighted by atomic mass is 16.5. The summed E-state index contributed by atoms with van der Waals surface area (Å²) in [4.78, 5) is 23.9. The molecular formula is C15H20N2O3. The Balaban J connectivity index is 1.90. The van der Waals surface area contributed by atoms with E-state index < -0.39 is 11.4 Å². The number of carbonyl (C=O) groups excluding carboxylic acids is 2. The Morgan fingerprint density at radius 1 is 1.25 bits per heavy atom. The molecule has 20 heavy (non-hydrogen) atoms. The molecule has 0 aliphatic heterocycles. The maximum Gasteiger partial charge on any atom is 0.321 e. The first-order valence-corrected chi connectivity index (χ1v) is 6.84. The molecule has 5 nitrogen and oxygen atoms in total. The maximum atomic E-state index is 12.1. The number of benzene rings is 1. The van der Waals surface area contributed by atoms with Gasteiger partial charge in [-0.3, -0.25) is 9.59 Å². The smallest absolute Gasteiger partial charge is 0.321 e. The van der Waals surface area contributed by atoms with Gasteiger partial charge >= 0.3 is 5.97 Å². The number of hydrogen-bond donors (Lipinski definition) is 2. The molecule has 0 atom stereocenters. The van der Waals surface area contributed by atoms with Crippen LogP contribution in [0, 0.1) is 5.41 Å². The minimum atomic E-state index is -0.930. The average Bonchev–Trinajstić information content (AvgIpc) is 3.27. The third kappa shape index (κ3) is 2.92. The van der Waals surface area contributed by atoms with Gasteiger partial charge in [0.1, 0.15) is 5.41 Å². The molecule has 2 N–H and O–H groups in total. The second kappa shape index (κ2) is 5.94. The molecule has 0 unspecified atom stereocenters. The van der Waals surface area contributed by atoms with E-state index in [0.29, 0.717) is 26.0 Å². The summed E-state index contributed by atoms with van der Waals surface area (Å²) in [6.45, 7) is 2.47. The van der Waals surface area contributed by atoms with Gasteiger partial charge in [-0.2, -0.15) is 0 Å². The number of carbonyl (C=O) groups is 2. The molecule has 1 aromatic rings. The van der Waals surface area contributed by atoms with Crippen LogP contribution >= 0.6 is 0 Å². The van der Waals surface area contributed by atoms with E-state index in [4.69, 9.17) is 4.74 Å². The Hall–Kier alpha value is -2.04. The molecule has 108 valence electrons. The minimum Gasteiger partial charge on any atom is -0.465 e. The molecule has 1 amide bonds. The first-order valence-electron chi connectivity index (χ1n) is 6.84. The van der Waals surface area contributed by atoms with Gasteiger partial charge in [-0.05, 0) is 37.5 Å². The lowest BCUT2D eigenvalue weighted by Gasteiger charge is -2.14. The van der Waals surface area contributed by atoms with Crippen molar-refractivity contribution in [2.45, 2.75) is 26.3 Å². The summed E-state index contributed by atoms with van der Waals surface area (Å²) in [7, 11) is 1.85. The van der Waals surface area contributed by atoms with Crippen LogP contribution in [0.2, 0.25) is 0 Å². The van der Waals surface area contributed by atoms with Crippen LogP contribution in [-0.2, 0) is 20.9 Å². The number of rotatable bonds is 6. The van der Waals surface area contributed by atoms with Crippen molar-refractivity contribution in [3.63, 3.8) is 0 Å². The van der Waals surface area contributed by atoms with Crippen LogP contribution in [-0.4, -0.2) is 25.5 Å². The lowest BCUT2D eigenvalue weighted by atomic mass is 10.1. The standard InChI is InChI=1S/C15H20N2O3/c1-3-20-14(19)15(8-9-15)13(18)17-10-11-4-6-12(16-2)7-5-11/h4-7,16H,3,8-10H2,1-2H3,(H,17,18). The van der Waals surface area contributed by atoms with E-state index in [1.807, 2.05) is 31.3 Å². The second-order valence-electron chi connectivity index (χ2n) is 4.93. The number of ether oxygens (including phenoxy) is 1. The lowest BCUT2D eigenvalue weighted by Crippen LogP contribution is -2.37. The summed E-state index contributed by atoms with van der Waals surface area (Å²) in [6, 6.07) is 7.77. The topological polar surface area (TPSA) is 67.4 Å². The fourth-order valence-electron chi connectivity index (χ4n) is 2.06. The van der Waals surface area contributed by atoms with Crippen molar-refractivity contribution >= 4 is 17.6 Å².